The number of hydrogen-bond donors (Lipinski definition) is 2. The molecule has 0 atom stereocenters. The van der Waals surface area contributed by atoms with Crippen molar-refractivity contribution in [1.82, 2.24) is 5.32 Å². The van der Waals surface area contributed by atoms with Crippen LogP contribution in [0, 0.1) is 0 Å². The molecule has 1 aromatic carbocycles. The van der Waals surface area contributed by atoms with E-state index in [1.165, 1.54) is 17.8 Å². The molecule has 0 unspecified atom stereocenters. The second-order valence-corrected chi connectivity index (χ2v) is 6.92. The molecule has 0 saturated heterocycles. The zero-order valence-electron chi connectivity index (χ0n) is 11.3. The highest BCUT2D eigenvalue weighted by molar-refractivity contribution is 7.21. The lowest BCUT2D eigenvalue weighted by Crippen LogP contribution is -2.52. The Bertz CT molecular complexity index is 670. The van der Waals surface area contributed by atoms with E-state index in [-0.39, 0.29) is 11.4 Å². The van der Waals surface area contributed by atoms with Gasteiger partial charge in [0.25, 0.3) is 5.91 Å². The van der Waals surface area contributed by atoms with Crippen molar-refractivity contribution < 1.29 is 4.79 Å². The number of amides is 1. The Morgan fingerprint density at radius 1 is 1.50 bits per heavy atom. The number of carbonyl (C=O) groups is 1. The summed E-state index contributed by atoms with van der Waals surface area (Å²) in [5, 5.41) is 4.74. The van der Waals surface area contributed by atoms with Crippen LogP contribution < -0.4 is 11.1 Å². The minimum Gasteiger partial charge on any atom is -0.397 e. The van der Waals surface area contributed by atoms with Gasteiger partial charge in [-0.15, -0.1) is 11.3 Å². The van der Waals surface area contributed by atoms with Crippen LogP contribution in [0.25, 0.3) is 10.1 Å². The molecule has 3 N–H and O–H groups in total. The average molecular weight is 309 g/mol. The Kier molecular flexibility index (Phi) is 3.38. The minimum atomic E-state index is -0.0543. The fourth-order valence-electron chi connectivity index (χ4n) is 2.73. The van der Waals surface area contributed by atoms with Gasteiger partial charge in [-0.3, -0.25) is 4.79 Å². The molecule has 20 heavy (non-hydrogen) atoms. The zero-order chi connectivity index (χ0) is 14.3. The first-order valence-corrected chi connectivity index (χ1v) is 8.04. The number of rotatable bonds is 3. The Labute approximate surface area is 127 Å². The Balaban J connectivity index is 1.93. The summed E-state index contributed by atoms with van der Waals surface area (Å²) < 4.78 is 0.958. The number of fused-ring (bicyclic) bond motifs is 1. The lowest BCUT2D eigenvalue weighted by Gasteiger charge is -2.41. The van der Waals surface area contributed by atoms with Gasteiger partial charge in [-0.1, -0.05) is 18.5 Å². The summed E-state index contributed by atoms with van der Waals surface area (Å²) in [5.41, 5.74) is 6.66. The number of benzene rings is 1. The highest BCUT2D eigenvalue weighted by Crippen LogP contribution is 2.38. The first-order valence-electron chi connectivity index (χ1n) is 6.85. The van der Waals surface area contributed by atoms with Gasteiger partial charge >= 0.3 is 0 Å². The van der Waals surface area contributed by atoms with Crippen molar-refractivity contribution in [3.63, 3.8) is 0 Å². The van der Waals surface area contributed by atoms with Crippen molar-refractivity contribution in [1.29, 1.82) is 0 Å². The summed E-state index contributed by atoms with van der Waals surface area (Å²) >= 11 is 7.40. The summed E-state index contributed by atoms with van der Waals surface area (Å²) in [7, 11) is 0. The predicted molar refractivity (Wildman–Crippen MR) is 85.6 cm³/mol. The number of anilines is 1. The number of halogens is 1. The third kappa shape index (κ3) is 2.17. The maximum atomic E-state index is 12.5. The van der Waals surface area contributed by atoms with E-state index in [2.05, 4.69) is 12.2 Å². The van der Waals surface area contributed by atoms with E-state index in [9.17, 15) is 4.79 Å². The van der Waals surface area contributed by atoms with Crippen LogP contribution in [0.1, 0.15) is 42.3 Å². The van der Waals surface area contributed by atoms with Gasteiger partial charge in [0.2, 0.25) is 0 Å². The van der Waals surface area contributed by atoms with Gasteiger partial charge in [0, 0.05) is 20.6 Å². The molecule has 1 amide bonds. The van der Waals surface area contributed by atoms with Crippen LogP contribution >= 0.6 is 22.9 Å². The quantitative estimate of drug-likeness (QED) is 0.893. The second kappa shape index (κ2) is 4.93. The number of hydrogen-bond acceptors (Lipinski definition) is 3. The number of nitrogen functional groups attached to an aromatic ring is 1. The summed E-state index contributed by atoms with van der Waals surface area (Å²) in [6.45, 7) is 2.12. The van der Waals surface area contributed by atoms with Crippen LogP contribution in [0.4, 0.5) is 5.69 Å². The Morgan fingerprint density at radius 3 is 2.85 bits per heavy atom. The summed E-state index contributed by atoms with van der Waals surface area (Å²) in [6, 6.07) is 5.53. The van der Waals surface area contributed by atoms with E-state index in [1.807, 2.05) is 12.1 Å². The highest BCUT2D eigenvalue weighted by Gasteiger charge is 2.37. The minimum absolute atomic E-state index is 0.0165. The van der Waals surface area contributed by atoms with E-state index >= 15 is 0 Å². The molecule has 0 spiro atoms. The lowest BCUT2D eigenvalue weighted by atomic mass is 9.75. The van der Waals surface area contributed by atoms with E-state index in [0.29, 0.717) is 15.6 Å². The van der Waals surface area contributed by atoms with Crippen LogP contribution in [0.5, 0.6) is 0 Å². The largest absolute Gasteiger partial charge is 0.397 e. The SMILES string of the molecule is CCC1(NC(=O)c2sc3cc(Cl)ccc3c2N)CCC1. The molecule has 0 radical (unpaired) electrons. The molecule has 3 nitrogen and oxygen atoms in total. The van der Waals surface area contributed by atoms with E-state index in [4.69, 9.17) is 17.3 Å². The molecular formula is C15H17ClN2OS. The van der Waals surface area contributed by atoms with Gasteiger partial charge < -0.3 is 11.1 Å². The fourth-order valence-corrected chi connectivity index (χ4v) is 4.02. The molecule has 0 aliphatic heterocycles. The summed E-state index contributed by atoms with van der Waals surface area (Å²) in [6.07, 6.45) is 4.28. The van der Waals surface area contributed by atoms with Crippen molar-refractivity contribution in [3.05, 3.63) is 28.1 Å². The first kappa shape index (κ1) is 13.7. The van der Waals surface area contributed by atoms with Crippen molar-refractivity contribution >= 4 is 44.6 Å². The molecule has 106 valence electrons. The molecule has 2 aromatic rings. The van der Waals surface area contributed by atoms with Gasteiger partial charge in [0.05, 0.1) is 5.69 Å². The van der Waals surface area contributed by atoms with E-state index < -0.39 is 0 Å². The topological polar surface area (TPSA) is 55.1 Å². The van der Waals surface area contributed by atoms with Gasteiger partial charge in [0.15, 0.2) is 0 Å². The number of nitrogens with two attached hydrogens (primary N) is 1. The maximum Gasteiger partial charge on any atom is 0.263 e. The smallest absolute Gasteiger partial charge is 0.263 e. The lowest BCUT2D eigenvalue weighted by molar-refractivity contribution is 0.0825. The van der Waals surface area contributed by atoms with Gasteiger partial charge in [-0.25, -0.2) is 0 Å². The summed E-state index contributed by atoms with van der Waals surface area (Å²) in [5.74, 6) is -0.0543. The van der Waals surface area contributed by atoms with Crippen LogP contribution in [0.15, 0.2) is 18.2 Å². The summed E-state index contributed by atoms with van der Waals surface area (Å²) in [4.78, 5) is 13.1. The monoisotopic (exact) mass is 308 g/mol. The molecule has 5 heteroatoms. The predicted octanol–water partition coefficient (Wildman–Crippen LogP) is 4.20. The third-order valence-electron chi connectivity index (χ3n) is 4.26. The van der Waals surface area contributed by atoms with Crippen molar-refractivity contribution in [3.8, 4) is 0 Å². The third-order valence-corrected chi connectivity index (χ3v) is 5.67. The number of carbonyl (C=O) groups excluding carboxylic acids is 1. The molecule has 1 saturated carbocycles. The molecule has 0 bridgehead atoms. The molecule has 1 aromatic heterocycles. The molecule has 3 rings (SSSR count). The van der Waals surface area contributed by atoms with E-state index in [1.54, 1.807) is 6.07 Å². The number of thiophene rings is 1. The molecule has 1 aliphatic carbocycles. The fraction of sp³-hybridized carbons (Fsp3) is 0.400. The van der Waals surface area contributed by atoms with Gasteiger partial charge in [-0.05, 0) is 43.9 Å². The Hall–Kier alpha value is -1.26. The molecule has 1 aliphatic rings. The molecule has 1 heterocycles. The normalized spacial score (nSPS) is 16.9. The zero-order valence-corrected chi connectivity index (χ0v) is 12.9. The molecular weight excluding hydrogens is 292 g/mol. The molecule has 1 fully saturated rings. The standard InChI is InChI=1S/C15H17ClN2OS/c1-2-15(6-3-7-15)18-14(19)13-12(17)10-5-4-9(16)8-11(10)20-13/h4-5,8H,2-3,6-7,17H2,1H3,(H,18,19). The first-order chi connectivity index (χ1) is 9.54. The van der Waals surface area contributed by atoms with Gasteiger partial charge in [0.1, 0.15) is 4.88 Å². The van der Waals surface area contributed by atoms with Crippen molar-refractivity contribution in [2.24, 2.45) is 0 Å². The van der Waals surface area contributed by atoms with Crippen LogP contribution in [-0.4, -0.2) is 11.4 Å². The second-order valence-electron chi connectivity index (χ2n) is 5.43. The van der Waals surface area contributed by atoms with Crippen molar-refractivity contribution in [2.75, 3.05) is 5.73 Å². The van der Waals surface area contributed by atoms with Crippen LogP contribution in [0.3, 0.4) is 0 Å². The van der Waals surface area contributed by atoms with Crippen molar-refractivity contribution in [2.45, 2.75) is 38.1 Å². The van der Waals surface area contributed by atoms with Crippen LogP contribution in [-0.2, 0) is 0 Å². The highest BCUT2D eigenvalue weighted by atomic mass is 35.5. The average Bonchev–Trinajstić information content (AvgIpc) is 2.70. The van der Waals surface area contributed by atoms with Crippen LogP contribution in [0.2, 0.25) is 5.02 Å². The Morgan fingerprint density at radius 2 is 2.25 bits per heavy atom. The van der Waals surface area contributed by atoms with E-state index in [0.717, 1.165) is 29.3 Å². The maximum absolute atomic E-state index is 12.5. The van der Waals surface area contributed by atoms with Gasteiger partial charge in [-0.2, -0.15) is 0 Å². The number of nitrogens with one attached hydrogen (secondary N) is 1.